The third-order valence-corrected chi connectivity index (χ3v) is 4.25. The highest BCUT2D eigenvalue weighted by Crippen LogP contribution is 2.19. The maximum Gasteiger partial charge on any atom is 0.254 e. The molecule has 0 fully saturated rings. The molecule has 0 saturated heterocycles. The lowest BCUT2D eigenvalue weighted by molar-refractivity contribution is 0.0757. The summed E-state index contributed by atoms with van der Waals surface area (Å²) in [5.74, 6) is 2.06. The van der Waals surface area contributed by atoms with E-state index in [1.54, 1.807) is 11.8 Å². The molecule has 1 N–H and O–H groups in total. The predicted molar refractivity (Wildman–Crippen MR) is 92.4 cm³/mol. The molecular weight excluding hydrogens is 282 g/mol. The third kappa shape index (κ3) is 4.92. The number of hydrogen-bond donors (Lipinski definition) is 1. The van der Waals surface area contributed by atoms with E-state index in [9.17, 15) is 4.79 Å². The van der Waals surface area contributed by atoms with Crippen LogP contribution in [0.2, 0.25) is 0 Å². The van der Waals surface area contributed by atoms with Crippen LogP contribution in [0, 0.1) is 0 Å². The molecule has 0 aliphatic carbocycles. The number of carbonyl (C=O) groups is 1. The quantitative estimate of drug-likeness (QED) is 0.838. The van der Waals surface area contributed by atoms with Crippen molar-refractivity contribution in [3.8, 4) is 0 Å². The minimum atomic E-state index is 0.0556. The third-order valence-electron chi connectivity index (χ3n) is 3.43. The van der Waals surface area contributed by atoms with Gasteiger partial charge in [0.2, 0.25) is 0 Å². The van der Waals surface area contributed by atoms with Gasteiger partial charge in [0.05, 0.1) is 0 Å². The van der Waals surface area contributed by atoms with Crippen molar-refractivity contribution in [2.45, 2.75) is 39.7 Å². The van der Waals surface area contributed by atoms with Crippen molar-refractivity contribution in [2.24, 2.45) is 0 Å². The Bertz CT molecular complexity index is 477. The van der Waals surface area contributed by atoms with Gasteiger partial charge in [-0.2, -0.15) is 11.8 Å². The van der Waals surface area contributed by atoms with Crippen LogP contribution in [0.4, 0.5) is 5.82 Å². The lowest BCUT2D eigenvalue weighted by atomic mass is 10.1. The summed E-state index contributed by atoms with van der Waals surface area (Å²) in [5.41, 5.74) is 1.66. The molecule has 4 nitrogen and oxygen atoms in total. The zero-order valence-corrected chi connectivity index (χ0v) is 14.8. The van der Waals surface area contributed by atoms with E-state index >= 15 is 0 Å². The number of aromatic nitrogens is 1. The Morgan fingerprint density at radius 2 is 2.05 bits per heavy atom. The molecule has 118 valence electrons. The minimum absolute atomic E-state index is 0.0556. The van der Waals surface area contributed by atoms with Gasteiger partial charge >= 0.3 is 0 Å². The second-order valence-electron chi connectivity index (χ2n) is 5.57. The van der Waals surface area contributed by atoms with Crippen molar-refractivity contribution in [1.29, 1.82) is 0 Å². The molecule has 1 unspecified atom stereocenters. The summed E-state index contributed by atoms with van der Waals surface area (Å²) in [4.78, 5) is 19.0. The van der Waals surface area contributed by atoms with Crippen LogP contribution in [-0.4, -0.2) is 47.4 Å². The van der Waals surface area contributed by atoms with Crippen molar-refractivity contribution in [2.75, 3.05) is 30.9 Å². The highest BCUT2D eigenvalue weighted by molar-refractivity contribution is 7.98. The first-order chi connectivity index (χ1) is 9.90. The first kappa shape index (κ1) is 17.8. The molecule has 1 aromatic rings. The molecule has 1 heterocycles. The average Bonchev–Trinajstić information content (AvgIpc) is 2.45. The van der Waals surface area contributed by atoms with E-state index in [4.69, 9.17) is 0 Å². The molecule has 0 radical (unpaired) electrons. The van der Waals surface area contributed by atoms with Gasteiger partial charge in [-0.15, -0.1) is 0 Å². The maximum absolute atomic E-state index is 12.7. The second-order valence-corrected chi connectivity index (χ2v) is 6.48. The van der Waals surface area contributed by atoms with Gasteiger partial charge in [0.15, 0.2) is 0 Å². The van der Waals surface area contributed by atoms with Gasteiger partial charge in [0.25, 0.3) is 5.91 Å². The van der Waals surface area contributed by atoms with Crippen LogP contribution in [0.25, 0.3) is 0 Å². The van der Waals surface area contributed by atoms with Gasteiger partial charge in [0, 0.05) is 36.6 Å². The predicted octanol–water partition coefficient (Wildman–Crippen LogP) is 3.46. The van der Waals surface area contributed by atoms with Crippen LogP contribution >= 0.6 is 11.8 Å². The summed E-state index contributed by atoms with van der Waals surface area (Å²) in [5, 5.41) is 3.21. The zero-order valence-electron chi connectivity index (χ0n) is 13.9. The van der Waals surface area contributed by atoms with Crippen LogP contribution in [0.5, 0.6) is 0 Å². The lowest BCUT2D eigenvalue weighted by Gasteiger charge is -2.25. The summed E-state index contributed by atoms with van der Waals surface area (Å²) in [6.45, 7) is 9.07. The van der Waals surface area contributed by atoms with Crippen molar-refractivity contribution in [3.63, 3.8) is 0 Å². The van der Waals surface area contributed by atoms with E-state index < -0.39 is 0 Å². The number of nitrogens with zero attached hydrogens (tertiary/aromatic N) is 2. The molecule has 0 aliphatic rings. The Kier molecular flexibility index (Phi) is 7.02. The maximum atomic E-state index is 12.7. The molecule has 21 heavy (non-hydrogen) atoms. The summed E-state index contributed by atoms with van der Waals surface area (Å²) in [6, 6.07) is 3.97. The molecule has 0 saturated carbocycles. The fourth-order valence-corrected chi connectivity index (χ4v) is 2.71. The number of nitrogens with one attached hydrogen (secondary N) is 1. The van der Waals surface area contributed by atoms with E-state index in [0.717, 1.165) is 23.8 Å². The molecule has 1 atom stereocenters. The highest BCUT2D eigenvalue weighted by atomic mass is 32.2. The minimum Gasteiger partial charge on any atom is -0.370 e. The SMILES string of the molecule is CCNc1cc(C(=O)N(C)C(C)CSC)cc(C(C)C)n1. The number of carbonyl (C=O) groups excluding carboxylic acids is 1. The van der Waals surface area contributed by atoms with Crippen LogP contribution in [0.1, 0.15) is 49.7 Å². The lowest BCUT2D eigenvalue weighted by Crippen LogP contribution is -2.36. The normalized spacial score (nSPS) is 12.3. The molecule has 5 heteroatoms. The largest absolute Gasteiger partial charge is 0.370 e. The summed E-state index contributed by atoms with van der Waals surface area (Å²) < 4.78 is 0. The van der Waals surface area contributed by atoms with Gasteiger partial charge < -0.3 is 10.2 Å². The Balaban J connectivity index is 3.07. The van der Waals surface area contributed by atoms with E-state index in [-0.39, 0.29) is 11.9 Å². The molecular formula is C16H27N3OS. The smallest absolute Gasteiger partial charge is 0.254 e. The fourth-order valence-electron chi connectivity index (χ4n) is 2.00. The highest BCUT2D eigenvalue weighted by Gasteiger charge is 2.19. The Morgan fingerprint density at radius 1 is 1.38 bits per heavy atom. The van der Waals surface area contributed by atoms with Gasteiger partial charge in [0.1, 0.15) is 5.82 Å². The second kappa shape index (κ2) is 8.27. The number of anilines is 1. The van der Waals surface area contributed by atoms with Gasteiger partial charge in [-0.25, -0.2) is 4.98 Å². The molecule has 1 aromatic heterocycles. The van der Waals surface area contributed by atoms with Crippen LogP contribution in [0.15, 0.2) is 12.1 Å². The average molecular weight is 309 g/mol. The zero-order chi connectivity index (χ0) is 16.0. The summed E-state index contributed by atoms with van der Waals surface area (Å²) in [6.07, 6.45) is 2.06. The number of pyridine rings is 1. The molecule has 0 spiro atoms. The number of hydrogen-bond acceptors (Lipinski definition) is 4. The Hall–Kier alpha value is -1.23. The Morgan fingerprint density at radius 3 is 2.57 bits per heavy atom. The van der Waals surface area contributed by atoms with Crippen molar-refractivity contribution < 1.29 is 4.79 Å². The Labute approximate surface area is 132 Å². The van der Waals surface area contributed by atoms with Crippen LogP contribution < -0.4 is 5.32 Å². The number of amides is 1. The monoisotopic (exact) mass is 309 g/mol. The van der Waals surface area contributed by atoms with Crippen molar-refractivity contribution in [1.82, 2.24) is 9.88 Å². The van der Waals surface area contributed by atoms with Crippen LogP contribution in [-0.2, 0) is 0 Å². The van der Waals surface area contributed by atoms with E-state index in [0.29, 0.717) is 11.5 Å². The van der Waals surface area contributed by atoms with Gasteiger partial charge in [-0.3, -0.25) is 4.79 Å². The summed E-state index contributed by atoms with van der Waals surface area (Å²) >= 11 is 1.75. The van der Waals surface area contributed by atoms with Crippen molar-refractivity contribution >= 4 is 23.5 Å². The van der Waals surface area contributed by atoms with E-state index in [1.165, 1.54) is 0 Å². The van der Waals surface area contributed by atoms with Crippen molar-refractivity contribution in [3.05, 3.63) is 23.4 Å². The first-order valence-electron chi connectivity index (χ1n) is 7.42. The molecule has 0 bridgehead atoms. The molecule has 0 aromatic carbocycles. The molecule has 1 amide bonds. The van der Waals surface area contributed by atoms with E-state index in [2.05, 4.69) is 37.3 Å². The topological polar surface area (TPSA) is 45.2 Å². The molecule has 0 aliphatic heterocycles. The first-order valence-corrected chi connectivity index (χ1v) is 8.82. The van der Waals surface area contributed by atoms with Gasteiger partial charge in [-0.05, 0) is 38.2 Å². The van der Waals surface area contributed by atoms with Crippen LogP contribution in [0.3, 0.4) is 0 Å². The summed E-state index contributed by atoms with van der Waals surface area (Å²) in [7, 11) is 1.87. The molecule has 1 rings (SSSR count). The standard InChI is InChI=1S/C16H27N3OS/c1-7-17-15-9-13(8-14(18-15)11(2)3)16(20)19(5)12(4)10-21-6/h8-9,11-12H,7,10H2,1-6H3,(H,17,18). The fraction of sp³-hybridized carbons (Fsp3) is 0.625. The van der Waals surface area contributed by atoms with E-state index in [1.807, 2.05) is 31.0 Å². The van der Waals surface area contributed by atoms with Gasteiger partial charge in [-0.1, -0.05) is 13.8 Å². The number of rotatable bonds is 7. The number of thioether (sulfide) groups is 1.